The Hall–Kier alpha value is -1.75. The van der Waals surface area contributed by atoms with Crippen LogP contribution in [0.25, 0.3) is 11.1 Å². The van der Waals surface area contributed by atoms with Gasteiger partial charge in [0, 0.05) is 16.5 Å². The summed E-state index contributed by atoms with van der Waals surface area (Å²) >= 11 is 6.01. The van der Waals surface area contributed by atoms with Crippen molar-refractivity contribution >= 4 is 11.6 Å². The second kappa shape index (κ2) is 6.35. The van der Waals surface area contributed by atoms with Crippen molar-refractivity contribution in [3.05, 3.63) is 59.1 Å². The second-order valence-corrected chi connectivity index (χ2v) is 6.17. The number of benzene rings is 2. The summed E-state index contributed by atoms with van der Waals surface area (Å²) in [6, 6.07) is 15.8. The number of rotatable bonds is 2. The highest BCUT2D eigenvalue weighted by molar-refractivity contribution is 6.30. The molecule has 0 spiro atoms. The molecule has 0 bridgehead atoms. The SMILES string of the molecule is CC(C#Cc1ccc(-c2cccc(Cl)c2)cc1)C(C)(C)O. The number of hydrogen-bond acceptors (Lipinski definition) is 1. The van der Waals surface area contributed by atoms with Crippen molar-refractivity contribution in [3.63, 3.8) is 0 Å². The zero-order valence-electron chi connectivity index (χ0n) is 12.5. The third-order valence-corrected chi connectivity index (χ3v) is 3.77. The summed E-state index contributed by atoms with van der Waals surface area (Å²) in [5.41, 5.74) is 2.36. The minimum atomic E-state index is -0.784. The Kier molecular flexibility index (Phi) is 4.73. The number of halogens is 1. The van der Waals surface area contributed by atoms with Crippen LogP contribution in [-0.4, -0.2) is 10.7 Å². The predicted molar refractivity (Wildman–Crippen MR) is 89.2 cm³/mol. The lowest BCUT2D eigenvalue weighted by atomic mass is 9.93. The summed E-state index contributed by atoms with van der Waals surface area (Å²) in [6.45, 7) is 5.47. The average Bonchev–Trinajstić information content (AvgIpc) is 2.44. The van der Waals surface area contributed by atoms with Gasteiger partial charge in [0.25, 0.3) is 0 Å². The molecule has 108 valence electrons. The average molecular weight is 299 g/mol. The molecule has 0 saturated carbocycles. The molecule has 0 heterocycles. The maximum absolute atomic E-state index is 9.87. The van der Waals surface area contributed by atoms with Gasteiger partial charge in [0.1, 0.15) is 0 Å². The molecule has 21 heavy (non-hydrogen) atoms. The highest BCUT2D eigenvalue weighted by Crippen LogP contribution is 2.23. The van der Waals surface area contributed by atoms with Gasteiger partial charge in [-0.1, -0.05) is 47.7 Å². The smallest absolute Gasteiger partial charge is 0.0726 e. The Morgan fingerprint density at radius 2 is 1.71 bits per heavy atom. The summed E-state index contributed by atoms with van der Waals surface area (Å²) in [4.78, 5) is 0. The van der Waals surface area contributed by atoms with Crippen molar-refractivity contribution < 1.29 is 5.11 Å². The lowest BCUT2D eigenvalue weighted by Gasteiger charge is -2.20. The molecule has 1 atom stereocenters. The lowest BCUT2D eigenvalue weighted by molar-refractivity contribution is 0.0477. The first-order chi connectivity index (χ1) is 9.86. The van der Waals surface area contributed by atoms with Gasteiger partial charge >= 0.3 is 0 Å². The van der Waals surface area contributed by atoms with E-state index in [4.69, 9.17) is 11.6 Å². The Balaban J connectivity index is 2.19. The van der Waals surface area contributed by atoms with Crippen LogP contribution in [0.5, 0.6) is 0 Å². The summed E-state index contributed by atoms with van der Waals surface area (Å²) in [7, 11) is 0. The van der Waals surface area contributed by atoms with Gasteiger partial charge in [-0.15, -0.1) is 0 Å². The highest BCUT2D eigenvalue weighted by atomic mass is 35.5. The number of aliphatic hydroxyl groups is 1. The maximum Gasteiger partial charge on any atom is 0.0726 e. The quantitative estimate of drug-likeness (QED) is 0.792. The van der Waals surface area contributed by atoms with Crippen molar-refractivity contribution in [2.75, 3.05) is 0 Å². The molecule has 1 unspecified atom stereocenters. The van der Waals surface area contributed by atoms with Crippen LogP contribution in [-0.2, 0) is 0 Å². The molecule has 2 rings (SSSR count). The molecular formula is C19H19ClO. The standard InChI is InChI=1S/C19H19ClO/c1-14(19(2,3)21)7-8-15-9-11-16(12-10-15)17-5-4-6-18(20)13-17/h4-6,9-14,21H,1-3H3. The molecule has 0 aliphatic rings. The molecule has 0 radical (unpaired) electrons. The molecule has 1 N–H and O–H groups in total. The molecule has 0 saturated heterocycles. The van der Waals surface area contributed by atoms with Gasteiger partial charge in [0.2, 0.25) is 0 Å². The molecule has 0 aliphatic heterocycles. The first-order valence-electron chi connectivity index (χ1n) is 6.96. The van der Waals surface area contributed by atoms with Crippen LogP contribution in [0.3, 0.4) is 0 Å². The Morgan fingerprint density at radius 3 is 2.29 bits per heavy atom. The summed E-state index contributed by atoms with van der Waals surface area (Å²) in [5.74, 6) is 6.11. The third-order valence-electron chi connectivity index (χ3n) is 3.54. The molecule has 2 heteroatoms. The van der Waals surface area contributed by atoms with E-state index in [-0.39, 0.29) is 5.92 Å². The molecule has 0 aromatic heterocycles. The second-order valence-electron chi connectivity index (χ2n) is 5.73. The molecule has 2 aromatic rings. The first-order valence-corrected chi connectivity index (χ1v) is 7.34. The van der Waals surface area contributed by atoms with Crippen molar-refractivity contribution in [2.24, 2.45) is 5.92 Å². The minimum Gasteiger partial charge on any atom is -0.389 e. The van der Waals surface area contributed by atoms with Crippen LogP contribution in [0, 0.1) is 17.8 Å². The summed E-state index contributed by atoms with van der Waals surface area (Å²) < 4.78 is 0. The van der Waals surface area contributed by atoms with Crippen molar-refractivity contribution in [1.82, 2.24) is 0 Å². The lowest BCUT2D eigenvalue weighted by Crippen LogP contribution is -2.27. The fraction of sp³-hybridized carbons (Fsp3) is 0.263. The van der Waals surface area contributed by atoms with E-state index in [0.29, 0.717) is 0 Å². The van der Waals surface area contributed by atoms with Gasteiger partial charge in [-0.2, -0.15) is 0 Å². The third kappa shape index (κ3) is 4.36. The van der Waals surface area contributed by atoms with Gasteiger partial charge < -0.3 is 5.11 Å². The van der Waals surface area contributed by atoms with E-state index in [1.54, 1.807) is 13.8 Å². The van der Waals surface area contributed by atoms with Crippen LogP contribution < -0.4 is 0 Å². The first kappa shape index (κ1) is 15.6. The van der Waals surface area contributed by atoms with Gasteiger partial charge in [-0.25, -0.2) is 0 Å². The van der Waals surface area contributed by atoms with Gasteiger partial charge in [0.05, 0.1) is 5.60 Å². The van der Waals surface area contributed by atoms with Crippen molar-refractivity contribution in [2.45, 2.75) is 26.4 Å². The molecule has 0 fully saturated rings. The van der Waals surface area contributed by atoms with Crippen LogP contribution in [0.1, 0.15) is 26.3 Å². The monoisotopic (exact) mass is 298 g/mol. The topological polar surface area (TPSA) is 20.2 Å². The van der Waals surface area contributed by atoms with Crippen LogP contribution in [0.15, 0.2) is 48.5 Å². The molecule has 0 amide bonds. The van der Waals surface area contributed by atoms with E-state index >= 15 is 0 Å². The Morgan fingerprint density at radius 1 is 1.05 bits per heavy atom. The van der Waals surface area contributed by atoms with Crippen molar-refractivity contribution in [1.29, 1.82) is 0 Å². The molecular weight excluding hydrogens is 280 g/mol. The van der Waals surface area contributed by atoms with E-state index in [9.17, 15) is 5.11 Å². The zero-order valence-corrected chi connectivity index (χ0v) is 13.3. The normalized spacial score (nSPS) is 12.4. The Bertz CT molecular complexity index is 669. The van der Waals surface area contributed by atoms with E-state index in [0.717, 1.165) is 21.7 Å². The predicted octanol–water partition coefficient (Wildman–Crippen LogP) is 4.77. The van der Waals surface area contributed by atoms with Crippen LogP contribution in [0.2, 0.25) is 5.02 Å². The van der Waals surface area contributed by atoms with Gasteiger partial charge in [-0.3, -0.25) is 0 Å². The van der Waals surface area contributed by atoms with E-state index in [2.05, 4.69) is 11.8 Å². The van der Waals surface area contributed by atoms with E-state index in [1.807, 2.05) is 55.5 Å². The maximum atomic E-state index is 9.87. The summed E-state index contributed by atoms with van der Waals surface area (Å²) in [5, 5.41) is 10.6. The van der Waals surface area contributed by atoms with E-state index in [1.165, 1.54) is 0 Å². The molecule has 2 aromatic carbocycles. The van der Waals surface area contributed by atoms with Gasteiger partial charge in [-0.05, 0) is 56.2 Å². The fourth-order valence-corrected chi connectivity index (χ4v) is 1.97. The highest BCUT2D eigenvalue weighted by Gasteiger charge is 2.19. The number of hydrogen-bond donors (Lipinski definition) is 1. The van der Waals surface area contributed by atoms with E-state index < -0.39 is 5.60 Å². The Labute approximate surface area is 131 Å². The molecule has 1 nitrogen and oxygen atoms in total. The molecule has 0 aliphatic carbocycles. The minimum absolute atomic E-state index is 0.0786. The van der Waals surface area contributed by atoms with Crippen molar-refractivity contribution in [3.8, 4) is 23.0 Å². The zero-order chi connectivity index (χ0) is 15.5. The van der Waals surface area contributed by atoms with Crippen LogP contribution in [0.4, 0.5) is 0 Å². The van der Waals surface area contributed by atoms with Gasteiger partial charge in [0.15, 0.2) is 0 Å². The largest absolute Gasteiger partial charge is 0.389 e. The van der Waals surface area contributed by atoms with Crippen LogP contribution >= 0.6 is 11.6 Å². The fourth-order valence-electron chi connectivity index (χ4n) is 1.78. The summed E-state index contributed by atoms with van der Waals surface area (Å²) in [6.07, 6.45) is 0.